The van der Waals surface area contributed by atoms with Crippen LogP contribution < -0.4 is 20.1 Å². The lowest BCUT2D eigenvalue weighted by atomic mass is 10.2. The van der Waals surface area contributed by atoms with Crippen molar-refractivity contribution in [3.05, 3.63) is 67.0 Å². The Balaban J connectivity index is 1.65. The molecule has 0 radical (unpaired) electrons. The molecule has 31 heavy (non-hydrogen) atoms. The summed E-state index contributed by atoms with van der Waals surface area (Å²) in [6.07, 6.45) is 1.71. The zero-order chi connectivity index (χ0) is 21.8. The van der Waals surface area contributed by atoms with E-state index in [4.69, 9.17) is 9.47 Å². The molecular weight excluding hydrogens is 392 g/mol. The largest absolute Gasteiger partial charge is 0.497 e. The summed E-state index contributed by atoms with van der Waals surface area (Å²) in [5.41, 5.74) is 4.12. The Bertz CT molecular complexity index is 1200. The fraction of sp³-hybridized carbons (Fsp3) is 0.174. The molecule has 0 bridgehead atoms. The quantitative estimate of drug-likeness (QED) is 0.431. The summed E-state index contributed by atoms with van der Waals surface area (Å²) in [7, 11) is 3.29. The second kappa shape index (κ2) is 8.74. The number of ether oxygens (including phenoxy) is 2. The molecule has 4 aromatic rings. The van der Waals surface area contributed by atoms with Crippen LogP contribution in [0.25, 0.3) is 16.9 Å². The van der Waals surface area contributed by atoms with Crippen molar-refractivity contribution < 1.29 is 9.47 Å². The van der Waals surface area contributed by atoms with Crippen molar-refractivity contribution in [1.29, 1.82) is 0 Å². The summed E-state index contributed by atoms with van der Waals surface area (Å²) in [6.45, 7) is 6.50. The van der Waals surface area contributed by atoms with Gasteiger partial charge in [0.2, 0.25) is 5.95 Å². The first-order valence-electron chi connectivity index (χ1n) is 9.76. The van der Waals surface area contributed by atoms with Crippen LogP contribution in [-0.4, -0.2) is 33.7 Å². The molecule has 8 nitrogen and oxygen atoms in total. The lowest BCUT2D eigenvalue weighted by Gasteiger charge is -2.11. The Kier molecular flexibility index (Phi) is 5.70. The van der Waals surface area contributed by atoms with E-state index in [0.717, 1.165) is 28.4 Å². The summed E-state index contributed by atoms with van der Waals surface area (Å²) in [4.78, 5) is 13.8. The highest BCUT2D eigenvalue weighted by Crippen LogP contribution is 2.25. The first kappa shape index (κ1) is 20.2. The van der Waals surface area contributed by atoms with Crippen molar-refractivity contribution in [2.45, 2.75) is 13.5 Å². The van der Waals surface area contributed by atoms with Crippen LogP contribution in [0.5, 0.6) is 11.5 Å². The minimum Gasteiger partial charge on any atom is -0.497 e. The number of allylic oxidation sites excluding steroid dienone is 1. The third-order valence-corrected chi connectivity index (χ3v) is 4.77. The number of imidazole rings is 1. The Morgan fingerprint density at radius 2 is 1.61 bits per heavy atom. The number of fused-ring (bicyclic) bond motifs is 1. The van der Waals surface area contributed by atoms with Crippen LogP contribution in [0.4, 0.5) is 17.5 Å². The van der Waals surface area contributed by atoms with Gasteiger partial charge in [0.1, 0.15) is 17.8 Å². The molecule has 0 amide bonds. The average Bonchev–Trinajstić information content (AvgIpc) is 3.23. The fourth-order valence-corrected chi connectivity index (χ4v) is 3.09. The summed E-state index contributed by atoms with van der Waals surface area (Å²) < 4.78 is 12.3. The van der Waals surface area contributed by atoms with Gasteiger partial charge in [-0.2, -0.15) is 9.97 Å². The maximum absolute atomic E-state index is 5.22. The summed E-state index contributed by atoms with van der Waals surface area (Å²) in [6, 6.07) is 15.4. The number of hydrogen-bond acceptors (Lipinski definition) is 7. The number of benzene rings is 2. The number of hydrogen-bond donors (Lipinski definition) is 2. The van der Waals surface area contributed by atoms with Crippen molar-refractivity contribution in [1.82, 2.24) is 19.5 Å². The molecule has 0 spiro atoms. The normalized spacial score (nSPS) is 10.7. The Morgan fingerprint density at radius 1 is 0.968 bits per heavy atom. The molecule has 0 fully saturated rings. The van der Waals surface area contributed by atoms with Crippen LogP contribution in [0, 0.1) is 0 Å². The van der Waals surface area contributed by atoms with Crippen LogP contribution in [0.1, 0.15) is 12.5 Å². The van der Waals surface area contributed by atoms with Crippen LogP contribution >= 0.6 is 0 Å². The minimum absolute atomic E-state index is 0.456. The molecule has 8 heteroatoms. The molecule has 0 atom stereocenters. The first-order valence-corrected chi connectivity index (χ1v) is 9.76. The van der Waals surface area contributed by atoms with Crippen LogP contribution in [-0.2, 0) is 6.54 Å². The molecule has 2 N–H and O–H groups in total. The molecule has 0 aliphatic heterocycles. The zero-order valence-corrected chi connectivity index (χ0v) is 17.7. The Labute approximate surface area is 180 Å². The lowest BCUT2D eigenvalue weighted by Crippen LogP contribution is -2.06. The molecule has 2 aromatic heterocycles. The van der Waals surface area contributed by atoms with E-state index in [-0.39, 0.29) is 0 Å². The monoisotopic (exact) mass is 416 g/mol. The highest BCUT2D eigenvalue weighted by atomic mass is 16.5. The molecule has 0 aliphatic rings. The van der Waals surface area contributed by atoms with E-state index >= 15 is 0 Å². The lowest BCUT2D eigenvalue weighted by molar-refractivity contribution is 0.414. The average molecular weight is 416 g/mol. The van der Waals surface area contributed by atoms with Gasteiger partial charge in [0.05, 0.1) is 14.2 Å². The van der Waals surface area contributed by atoms with Crippen LogP contribution in [0.3, 0.4) is 0 Å². The number of nitrogens with zero attached hydrogens (tertiary/aromatic N) is 4. The number of rotatable bonds is 8. The molecule has 158 valence electrons. The number of methoxy groups -OCH3 is 2. The second-order valence-electron chi connectivity index (χ2n) is 6.97. The second-order valence-corrected chi connectivity index (χ2v) is 6.97. The summed E-state index contributed by atoms with van der Waals surface area (Å²) in [5, 5.41) is 6.63. The van der Waals surface area contributed by atoms with E-state index in [2.05, 4.69) is 32.2 Å². The van der Waals surface area contributed by atoms with Gasteiger partial charge in [0, 0.05) is 17.9 Å². The highest BCUT2D eigenvalue weighted by molar-refractivity contribution is 5.86. The van der Waals surface area contributed by atoms with E-state index in [1.165, 1.54) is 0 Å². The van der Waals surface area contributed by atoms with Gasteiger partial charge in [0.15, 0.2) is 17.0 Å². The molecule has 0 aliphatic carbocycles. The van der Waals surface area contributed by atoms with Crippen molar-refractivity contribution in [2.24, 2.45) is 0 Å². The van der Waals surface area contributed by atoms with Crippen LogP contribution in [0.15, 0.2) is 61.4 Å². The van der Waals surface area contributed by atoms with Crippen molar-refractivity contribution in [2.75, 3.05) is 24.9 Å². The fourth-order valence-electron chi connectivity index (χ4n) is 3.09. The van der Waals surface area contributed by atoms with E-state index in [1.807, 2.05) is 60.0 Å². The maximum atomic E-state index is 5.22. The zero-order valence-electron chi connectivity index (χ0n) is 17.7. The van der Waals surface area contributed by atoms with Gasteiger partial charge in [-0.15, -0.1) is 0 Å². The van der Waals surface area contributed by atoms with Gasteiger partial charge < -0.3 is 20.1 Å². The standard InChI is InChI=1S/C23H24N6O2/c1-15(2)29-14-25-20-21(24-13-16-5-9-18(30-3)10-6-16)27-23(28-22(20)29)26-17-7-11-19(31-4)12-8-17/h5-12,14H,1,13H2,2-4H3,(H2,24,26,27,28). The summed E-state index contributed by atoms with van der Waals surface area (Å²) >= 11 is 0. The third kappa shape index (κ3) is 4.42. The van der Waals surface area contributed by atoms with Gasteiger partial charge in [0.25, 0.3) is 0 Å². The van der Waals surface area contributed by atoms with E-state index in [1.54, 1.807) is 20.5 Å². The number of anilines is 3. The van der Waals surface area contributed by atoms with E-state index in [9.17, 15) is 0 Å². The van der Waals surface area contributed by atoms with Crippen molar-refractivity contribution in [3.8, 4) is 11.5 Å². The molecule has 4 rings (SSSR count). The van der Waals surface area contributed by atoms with Gasteiger partial charge in [-0.3, -0.25) is 4.57 Å². The third-order valence-electron chi connectivity index (χ3n) is 4.77. The summed E-state index contributed by atoms with van der Waals surface area (Å²) in [5.74, 6) is 2.69. The molecule has 0 saturated carbocycles. The topological polar surface area (TPSA) is 86.1 Å². The SMILES string of the molecule is C=C(C)n1cnc2c(NCc3ccc(OC)cc3)nc(Nc3ccc(OC)cc3)nc21. The molecule has 2 aromatic carbocycles. The van der Waals surface area contributed by atoms with Crippen molar-refractivity contribution in [3.63, 3.8) is 0 Å². The Morgan fingerprint density at radius 3 is 2.23 bits per heavy atom. The van der Waals surface area contributed by atoms with Gasteiger partial charge in [-0.05, 0) is 48.9 Å². The predicted molar refractivity (Wildman–Crippen MR) is 123 cm³/mol. The maximum Gasteiger partial charge on any atom is 0.231 e. The smallest absolute Gasteiger partial charge is 0.231 e. The van der Waals surface area contributed by atoms with E-state index in [0.29, 0.717) is 29.5 Å². The highest BCUT2D eigenvalue weighted by Gasteiger charge is 2.14. The molecule has 0 saturated heterocycles. The molecule has 2 heterocycles. The molecule has 0 unspecified atom stereocenters. The number of nitrogens with one attached hydrogen (secondary N) is 2. The van der Waals surface area contributed by atoms with Gasteiger partial charge in [-0.1, -0.05) is 18.7 Å². The predicted octanol–water partition coefficient (Wildman–Crippen LogP) is 4.69. The first-order chi connectivity index (χ1) is 15.1. The minimum atomic E-state index is 0.456. The number of aromatic nitrogens is 4. The van der Waals surface area contributed by atoms with Crippen molar-refractivity contribution >= 4 is 34.3 Å². The molecular formula is C23H24N6O2. The van der Waals surface area contributed by atoms with Gasteiger partial charge in [-0.25, -0.2) is 4.98 Å². The van der Waals surface area contributed by atoms with Gasteiger partial charge >= 0.3 is 0 Å². The Hall–Kier alpha value is -4.07. The van der Waals surface area contributed by atoms with Crippen LogP contribution in [0.2, 0.25) is 0 Å². The van der Waals surface area contributed by atoms with E-state index < -0.39 is 0 Å².